The molecule has 2 aromatic carbocycles. The molecule has 1 N–H and O–H groups in total. The monoisotopic (exact) mass is 395 g/mol. The van der Waals surface area contributed by atoms with Gasteiger partial charge in [0.2, 0.25) is 5.82 Å². The summed E-state index contributed by atoms with van der Waals surface area (Å²) in [6, 6.07) is 13.3. The Morgan fingerprint density at radius 3 is 2.41 bits per heavy atom. The van der Waals surface area contributed by atoms with Crippen molar-refractivity contribution in [3.63, 3.8) is 0 Å². The van der Waals surface area contributed by atoms with Gasteiger partial charge in [-0.3, -0.25) is 4.79 Å². The second-order valence-electron chi connectivity index (χ2n) is 7.12. The summed E-state index contributed by atoms with van der Waals surface area (Å²) >= 11 is 0. The van der Waals surface area contributed by atoms with Crippen LogP contribution in [-0.4, -0.2) is 29.4 Å². The molecule has 29 heavy (non-hydrogen) atoms. The molecule has 0 aliphatic heterocycles. The number of amides is 1. The maximum absolute atomic E-state index is 12.6. The molecule has 0 fully saturated rings. The van der Waals surface area contributed by atoms with Crippen molar-refractivity contribution in [3.05, 3.63) is 53.6 Å². The molecule has 3 rings (SSSR count). The second-order valence-corrected chi connectivity index (χ2v) is 7.12. The highest BCUT2D eigenvalue weighted by atomic mass is 16.6. The van der Waals surface area contributed by atoms with Gasteiger partial charge in [0.15, 0.2) is 11.8 Å². The predicted octanol–water partition coefficient (Wildman–Crippen LogP) is 4.58. The van der Waals surface area contributed by atoms with Crippen molar-refractivity contribution >= 4 is 11.7 Å². The van der Waals surface area contributed by atoms with Gasteiger partial charge in [0.1, 0.15) is 11.5 Å². The molecule has 1 atom stereocenters. The summed E-state index contributed by atoms with van der Waals surface area (Å²) in [5.74, 6) is 1.72. The van der Waals surface area contributed by atoms with Crippen LogP contribution < -0.4 is 14.8 Å². The number of ether oxygens (including phenoxy) is 2. The van der Waals surface area contributed by atoms with Crippen LogP contribution in [0.5, 0.6) is 11.5 Å². The van der Waals surface area contributed by atoms with Crippen molar-refractivity contribution in [3.8, 4) is 22.8 Å². The normalized spacial score (nSPS) is 11.9. The van der Waals surface area contributed by atoms with E-state index in [2.05, 4.69) is 29.5 Å². The molecular formula is C22H25N3O4. The molecule has 0 aliphatic rings. The fraction of sp³-hybridized carbons (Fsp3) is 0.318. The Labute approximate surface area is 170 Å². The van der Waals surface area contributed by atoms with Crippen LogP contribution in [0.15, 0.2) is 47.1 Å². The highest BCUT2D eigenvalue weighted by Gasteiger charge is 2.21. The zero-order chi connectivity index (χ0) is 21.0. The summed E-state index contributed by atoms with van der Waals surface area (Å²) in [6.45, 7) is 7.85. The minimum atomic E-state index is -0.720. The van der Waals surface area contributed by atoms with Crippen LogP contribution in [0.4, 0.5) is 5.82 Å². The van der Waals surface area contributed by atoms with Crippen molar-refractivity contribution < 1.29 is 18.9 Å². The third-order valence-electron chi connectivity index (χ3n) is 4.63. The van der Waals surface area contributed by atoms with Crippen LogP contribution in [0.1, 0.15) is 37.8 Å². The molecule has 0 bridgehead atoms. The van der Waals surface area contributed by atoms with Crippen molar-refractivity contribution in [1.82, 2.24) is 10.3 Å². The van der Waals surface area contributed by atoms with E-state index in [1.54, 1.807) is 14.0 Å². The highest BCUT2D eigenvalue weighted by molar-refractivity contribution is 5.96. The minimum Gasteiger partial charge on any atom is -0.496 e. The number of carbonyl (C=O) groups is 1. The number of methoxy groups -OCH3 is 1. The van der Waals surface area contributed by atoms with Gasteiger partial charge in [-0.15, -0.1) is 0 Å². The number of rotatable bonds is 7. The van der Waals surface area contributed by atoms with Crippen LogP contribution in [0, 0.1) is 6.92 Å². The molecule has 0 aliphatic carbocycles. The second kappa shape index (κ2) is 8.77. The van der Waals surface area contributed by atoms with E-state index < -0.39 is 6.10 Å². The quantitative estimate of drug-likeness (QED) is 0.630. The first-order valence-electron chi connectivity index (χ1n) is 9.44. The van der Waals surface area contributed by atoms with Crippen molar-refractivity contribution in [1.29, 1.82) is 0 Å². The summed E-state index contributed by atoms with van der Waals surface area (Å²) < 4.78 is 15.9. The molecular weight excluding hydrogens is 370 g/mol. The van der Waals surface area contributed by atoms with E-state index in [1.807, 2.05) is 49.4 Å². The zero-order valence-corrected chi connectivity index (χ0v) is 17.2. The lowest BCUT2D eigenvalue weighted by Crippen LogP contribution is -2.30. The summed E-state index contributed by atoms with van der Waals surface area (Å²) in [5.41, 5.74) is 3.35. The van der Waals surface area contributed by atoms with Crippen LogP contribution in [0.2, 0.25) is 0 Å². The molecule has 1 amide bonds. The lowest BCUT2D eigenvalue weighted by Gasteiger charge is -2.15. The molecule has 0 spiro atoms. The number of nitrogens with zero attached hydrogens (tertiary/aromatic N) is 2. The molecule has 1 aromatic heterocycles. The van der Waals surface area contributed by atoms with Crippen LogP contribution in [0.3, 0.4) is 0 Å². The van der Waals surface area contributed by atoms with Gasteiger partial charge in [0.25, 0.3) is 5.91 Å². The Bertz CT molecular complexity index is 980. The van der Waals surface area contributed by atoms with E-state index >= 15 is 0 Å². The number of benzene rings is 2. The van der Waals surface area contributed by atoms with Gasteiger partial charge in [-0.05, 0) is 71.5 Å². The number of anilines is 1. The van der Waals surface area contributed by atoms with Gasteiger partial charge >= 0.3 is 0 Å². The molecule has 0 unspecified atom stereocenters. The van der Waals surface area contributed by atoms with E-state index in [0.717, 1.165) is 16.9 Å². The molecule has 3 aromatic rings. The molecule has 0 saturated heterocycles. The molecule has 1 heterocycles. The smallest absolute Gasteiger partial charge is 0.266 e. The van der Waals surface area contributed by atoms with E-state index in [0.29, 0.717) is 17.4 Å². The summed E-state index contributed by atoms with van der Waals surface area (Å²) in [4.78, 5) is 12.6. The van der Waals surface area contributed by atoms with Gasteiger partial charge in [-0.2, -0.15) is 0 Å². The number of aromatic nitrogens is 2. The third kappa shape index (κ3) is 4.74. The summed E-state index contributed by atoms with van der Waals surface area (Å²) in [7, 11) is 1.61. The summed E-state index contributed by atoms with van der Waals surface area (Å²) in [6.07, 6.45) is -0.720. The van der Waals surface area contributed by atoms with Crippen molar-refractivity contribution in [2.24, 2.45) is 0 Å². The van der Waals surface area contributed by atoms with Crippen LogP contribution in [0.25, 0.3) is 11.3 Å². The van der Waals surface area contributed by atoms with Crippen LogP contribution in [-0.2, 0) is 4.79 Å². The minimum absolute atomic E-state index is 0.241. The van der Waals surface area contributed by atoms with E-state index in [4.69, 9.17) is 14.1 Å². The molecule has 0 radical (unpaired) electrons. The highest BCUT2D eigenvalue weighted by Crippen LogP contribution is 2.29. The topological polar surface area (TPSA) is 86.5 Å². The number of nitrogens with one attached hydrogen (secondary N) is 1. The van der Waals surface area contributed by atoms with Crippen molar-refractivity contribution in [2.45, 2.75) is 39.7 Å². The standard InChI is InChI=1S/C22H25N3O4/c1-13(2)16-6-9-18(10-7-16)28-15(4)22(26)23-21-20(24-29-25-21)17-8-11-19(27-5)14(3)12-17/h6-13,15H,1-5H3,(H,23,25,26)/t15-/m1/s1. The summed E-state index contributed by atoms with van der Waals surface area (Å²) in [5, 5.41) is 10.5. The van der Waals surface area contributed by atoms with Gasteiger partial charge in [0.05, 0.1) is 7.11 Å². The lowest BCUT2D eigenvalue weighted by atomic mass is 10.0. The molecule has 7 heteroatoms. The zero-order valence-electron chi connectivity index (χ0n) is 17.2. The Morgan fingerprint density at radius 1 is 1.07 bits per heavy atom. The maximum atomic E-state index is 12.6. The van der Waals surface area contributed by atoms with E-state index in [1.165, 1.54) is 5.56 Å². The number of hydrogen-bond donors (Lipinski definition) is 1. The van der Waals surface area contributed by atoms with E-state index in [-0.39, 0.29) is 11.7 Å². The van der Waals surface area contributed by atoms with Gasteiger partial charge in [-0.1, -0.05) is 26.0 Å². The first kappa shape index (κ1) is 20.4. The predicted molar refractivity (Wildman–Crippen MR) is 110 cm³/mol. The largest absolute Gasteiger partial charge is 0.496 e. The van der Waals surface area contributed by atoms with Crippen LogP contribution >= 0.6 is 0 Å². The van der Waals surface area contributed by atoms with Gasteiger partial charge in [0, 0.05) is 5.56 Å². The Morgan fingerprint density at radius 2 is 1.79 bits per heavy atom. The fourth-order valence-corrected chi connectivity index (χ4v) is 2.89. The average molecular weight is 395 g/mol. The Hall–Kier alpha value is -3.35. The average Bonchev–Trinajstić information content (AvgIpc) is 3.16. The SMILES string of the molecule is COc1ccc(-c2nonc2NC(=O)[C@@H](C)Oc2ccc(C(C)C)cc2)cc1C. The fourth-order valence-electron chi connectivity index (χ4n) is 2.89. The lowest BCUT2D eigenvalue weighted by molar-refractivity contribution is -0.122. The number of carbonyl (C=O) groups excluding carboxylic acids is 1. The Kier molecular flexibility index (Phi) is 6.16. The first-order chi connectivity index (χ1) is 13.9. The number of hydrogen-bond acceptors (Lipinski definition) is 6. The first-order valence-corrected chi connectivity index (χ1v) is 9.44. The maximum Gasteiger partial charge on any atom is 0.266 e. The molecule has 152 valence electrons. The van der Waals surface area contributed by atoms with E-state index in [9.17, 15) is 4.79 Å². The van der Waals surface area contributed by atoms with Crippen molar-refractivity contribution in [2.75, 3.05) is 12.4 Å². The molecule has 0 saturated carbocycles. The van der Waals surface area contributed by atoms with Gasteiger partial charge in [-0.25, -0.2) is 4.63 Å². The Balaban J connectivity index is 1.69. The third-order valence-corrected chi connectivity index (χ3v) is 4.63. The van der Waals surface area contributed by atoms with Gasteiger partial charge < -0.3 is 14.8 Å². The molecule has 7 nitrogen and oxygen atoms in total. The number of aryl methyl sites for hydroxylation is 1.